The van der Waals surface area contributed by atoms with E-state index in [2.05, 4.69) is 20.8 Å². The first-order valence-electron chi connectivity index (χ1n) is 13.4. The van der Waals surface area contributed by atoms with Crippen molar-refractivity contribution in [3.05, 3.63) is 0 Å². The first kappa shape index (κ1) is 25.7. The van der Waals surface area contributed by atoms with Gasteiger partial charge in [-0.2, -0.15) is 0 Å². The standard InChI is InChI=1S/C27H50O3/c1-4-5-6-7-8-9-10-11-12-13-14-15-16-17-18-19-22-29-26(28)23-20-21-24-25(30-24)27(23,2)3/h23-25H,4-22H2,1-3H3. The molecule has 1 aliphatic carbocycles. The molecule has 0 aromatic carbocycles. The van der Waals surface area contributed by atoms with Gasteiger partial charge in [-0.25, -0.2) is 0 Å². The van der Waals surface area contributed by atoms with Crippen LogP contribution in [0.5, 0.6) is 0 Å². The van der Waals surface area contributed by atoms with Crippen molar-refractivity contribution in [2.24, 2.45) is 11.3 Å². The Labute approximate surface area is 187 Å². The molecule has 1 heterocycles. The summed E-state index contributed by atoms with van der Waals surface area (Å²) in [6, 6.07) is 0. The van der Waals surface area contributed by atoms with E-state index in [4.69, 9.17) is 9.47 Å². The van der Waals surface area contributed by atoms with E-state index in [0.717, 1.165) is 19.3 Å². The van der Waals surface area contributed by atoms with Crippen LogP contribution in [0.1, 0.15) is 136 Å². The van der Waals surface area contributed by atoms with Gasteiger partial charge in [0.25, 0.3) is 0 Å². The van der Waals surface area contributed by atoms with Crippen LogP contribution in [0.4, 0.5) is 0 Å². The van der Waals surface area contributed by atoms with Crippen molar-refractivity contribution in [1.82, 2.24) is 0 Å². The fraction of sp³-hybridized carbons (Fsp3) is 0.963. The van der Waals surface area contributed by atoms with Gasteiger partial charge >= 0.3 is 5.97 Å². The summed E-state index contributed by atoms with van der Waals surface area (Å²) in [5.41, 5.74) is -0.0609. The highest BCUT2D eigenvalue weighted by atomic mass is 16.6. The fourth-order valence-corrected chi connectivity index (χ4v) is 5.26. The number of unbranched alkanes of at least 4 members (excludes halogenated alkanes) is 15. The summed E-state index contributed by atoms with van der Waals surface area (Å²) in [5.74, 6) is 0.0252. The summed E-state index contributed by atoms with van der Waals surface area (Å²) in [6.07, 6.45) is 24.5. The van der Waals surface area contributed by atoms with Crippen LogP contribution in [0, 0.1) is 11.3 Å². The lowest BCUT2D eigenvalue weighted by molar-refractivity contribution is -0.154. The van der Waals surface area contributed by atoms with Gasteiger partial charge in [0.05, 0.1) is 24.7 Å². The summed E-state index contributed by atoms with van der Waals surface area (Å²) >= 11 is 0. The number of hydrogen-bond acceptors (Lipinski definition) is 3. The molecular weight excluding hydrogens is 372 g/mol. The Morgan fingerprint density at radius 3 is 1.73 bits per heavy atom. The molecule has 3 heteroatoms. The second-order valence-corrected chi connectivity index (χ2v) is 10.5. The molecule has 30 heavy (non-hydrogen) atoms. The number of rotatable bonds is 18. The SMILES string of the molecule is CCCCCCCCCCCCCCCCCCOC(=O)C1CCC2OC2C1(C)C. The van der Waals surface area contributed by atoms with E-state index in [1.807, 2.05) is 0 Å². The second kappa shape index (κ2) is 14.5. The summed E-state index contributed by atoms with van der Waals surface area (Å²) in [5, 5.41) is 0. The minimum atomic E-state index is -0.0609. The van der Waals surface area contributed by atoms with Crippen LogP contribution in [0.25, 0.3) is 0 Å². The van der Waals surface area contributed by atoms with Crippen LogP contribution in [0.3, 0.4) is 0 Å². The van der Waals surface area contributed by atoms with Crippen LogP contribution < -0.4 is 0 Å². The van der Waals surface area contributed by atoms with Gasteiger partial charge in [-0.1, -0.05) is 117 Å². The highest BCUT2D eigenvalue weighted by Crippen LogP contribution is 2.52. The molecule has 2 rings (SSSR count). The van der Waals surface area contributed by atoms with E-state index in [-0.39, 0.29) is 23.4 Å². The molecule has 3 unspecified atom stereocenters. The maximum atomic E-state index is 12.5. The molecule has 0 amide bonds. The number of epoxide rings is 1. The predicted molar refractivity (Wildman–Crippen MR) is 126 cm³/mol. The maximum absolute atomic E-state index is 12.5. The van der Waals surface area contributed by atoms with E-state index < -0.39 is 0 Å². The number of esters is 1. The van der Waals surface area contributed by atoms with Crippen molar-refractivity contribution in [3.63, 3.8) is 0 Å². The number of hydrogen-bond donors (Lipinski definition) is 0. The Balaban J connectivity index is 1.31. The topological polar surface area (TPSA) is 38.8 Å². The Hall–Kier alpha value is -0.570. The van der Waals surface area contributed by atoms with Gasteiger partial charge in [-0.15, -0.1) is 0 Å². The molecule has 3 nitrogen and oxygen atoms in total. The van der Waals surface area contributed by atoms with Crippen molar-refractivity contribution in [2.75, 3.05) is 6.61 Å². The Bertz CT molecular complexity index is 459. The summed E-state index contributed by atoms with van der Waals surface area (Å²) in [4.78, 5) is 12.5. The molecule has 0 N–H and O–H groups in total. The van der Waals surface area contributed by atoms with Crippen LogP contribution in [-0.2, 0) is 14.3 Å². The van der Waals surface area contributed by atoms with E-state index >= 15 is 0 Å². The number of ether oxygens (including phenoxy) is 2. The first-order chi connectivity index (χ1) is 14.6. The van der Waals surface area contributed by atoms with Crippen LogP contribution in [-0.4, -0.2) is 24.8 Å². The van der Waals surface area contributed by atoms with E-state index in [1.165, 1.54) is 96.3 Å². The average Bonchev–Trinajstić information content (AvgIpc) is 3.51. The minimum absolute atomic E-state index is 0.00918. The molecule has 176 valence electrons. The number of fused-ring (bicyclic) bond motifs is 1. The molecule has 1 saturated carbocycles. The number of carbonyl (C=O) groups excluding carboxylic acids is 1. The maximum Gasteiger partial charge on any atom is 0.309 e. The van der Waals surface area contributed by atoms with Gasteiger partial charge in [0.2, 0.25) is 0 Å². The lowest BCUT2D eigenvalue weighted by atomic mass is 9.69. The zero-order chi connectivity index (χ0) is 21.7. The molecule has 3 atom stereocenters. The van der Waals surface area contributed by atoms with E-state index in [0.29, 0.717) is 12.7 Å². The summed E-state index contributed by atoms with van der Waals surface area (Å²) < 4.78 is 11.3. The molecule has 0 bridgehead atoms. The first-order valence-corrected chi connectivity index (χ1v) is 13.4. The Morgan fingerprint density at radius 2 is 1.23 bits per heavy atom. The molecular formula is C27H50O3. The van der Waals surface area contributed by atoms with Crippen LogP contribution >= 0.6 is 0 Å². The lowest BCUT2D eigenvalue weighted by Crippen LogP contribution is -2.40. The zero-order valence-corrected chi connectivity index (χ0v) is 20.4. The fourth-order valence-electron chi connectivity index (χ4n) is 5.26. The normalized spacial score (nSPS) is 24.4. The third-order valence-corrected chi connectivity index (χ3v) is 7.48. The zero-order valence-electron chi connectivity index (χ0n) is 20.4. The van der Waals surface area contributed by atoms with Crippen molar-refractivity contribution in [3.8, 4) is 0 Å². The molecule has 2 aliphatic rings. The van der Waals surface area contributed by atoms with Gasteiger partial charge in [0.1, 0.15) is 0 Å². The van der Waals surface area contributed by atoms with Crippen molar-refractivity contribution in [1.29, 1.82) is 0 Å². The molecule has 1 saturated heterocycles. The third-order valence-electron chi connectivity index (χ3n) is 7.48. The monoisotopic (exact) mass is 422 g/mol. The molecule has 0 radical (unpaired) electrons. The van der Waals surface area contributed by atoms with Crippen LogP contribution in [0.15, 0.2) is 0 Å². The molecule has 0 spiro atoms. The molecule has 2 fully saturated rings. The average molecular weight is 423 g/mol. The van der Waals surface area contributed by atoms with Crippen LogP contribution in [0.2, 0.25) is 0 Å². The summed E-state index contributed by atoms with van der Waals surface area (Å²) in [6.45, 7) is 7.21. The number of carbonyl (C=O) groups is 1. The van der Waals surface area contributed by atoms with Gasteiger partial charge in [-0.3, -0.25) is 4.79 Å². The molecule has 0 aromatic rings. The van der Waals surface area contributed by atoms with Gasteiger partial charge in [0, 0.05) is 5.41 Å². The van der Waals surface area contributed by atoms with Crippen molar-refractivity contribution < 1.29 is 14.3 Å². The quantitative estimate of drug-likeness (QED) is 0.128. The molecule has 0 aromatic heterocycles. The van der Waals surface area contributed by atoms with Gasteiger partial charge in [-0.05, 0) is 19.3 Å². The smallest absolute Gasteiger partial charge is 0.309 e. The predicted octanol–water partition coefficient (Wildman–Crippen LogP) is 7.99. The molecule has 1 aliphatic heterocycles. The Kier molecular flexibility index (Phi) is 12.4. The third kappa shape index (κ3) is 9.28. The Morgan fingerprint density at radius 1 is 0.767 bits per heavy atom. The highest BCUT2D eigenvalue weighted by Gasteiger charge is 2.58. The van der Waals surface area contributed by atoms with Gasteiger partial charge < -0.3 is 9.47 Å². The largest absolute Gasteiger partial charge is 0.465 e. The summed E-state index contributed by atoms with van der Waals surface area (Å²) in [7, 11) is 0. The van der Waals surface area contributed by atoms with E-state index in [1.54, 1.807) is 0 Å². The van der Waals surface area contributed by atoms with Crippen molar-refractivity contribution in [2.45, 2.75) is 149 Å². The van der Waals surface area contributed by atoms with Crippen molar-refractivity contribution >= 4 is 5.97 Å². The highest BCUT2D eigenvalue weighted by molar-refractivity contribution is 5.73. The minimum Gasteiger partial charge on any atom is -0.465 e. The van der Waals surface area contributed by atoms with Gasteiger partial charge in [0.15, 0.2) is 0 Å². The van der Waals surface area contributed by atoms with E-state index in [9.17, 15) is 4.79 Å². The lowest BCUT2D eigenvalue weighted by Gasteiger charge is -2.34. The second-order valence-electron chi connectivity index (χ2n) is 10.5.